The highest BCUT2D eigenvalue weighted by Crippen LogP contribution is 2.36. The van der Waals surface area contributed by atoms with Crippen LogP contribution < -0.4 is 22.2 Å². The van der Waals surface area contributed by atoms with Gasteiger partial charge in [0.1, 0.15) is 0 Å². The topological polar surface area (TPSA) is 78.1 Å². The molecule has 0 radical (unpaired) electrons. The van der Waals surface area contributed by atoms with Gasteiger partial charge in [-0.05, 0) is 61.4 Å². The molecule has 6 nitrogen and oxygen atoms in total. The van der Waals surface area contributed by atoms with Crippen LogP contribution in [0.2, 0.25) is 0 Å². The molecule has 2 aromatic heterocycles. The molecule has 282 valence electrons. The van der Waals surface area contributed by atoms with E-state index in [1.165, 1.54) is 22.0 Å². The second-order valence-corrected chi connectivity index (χ2v) is 14.9. The van der Waals surface area contributed by atoms with Crippen LogP contribution in [0.5, 0.6) is 0 Å². The molecule has 7 aromatic rings. The molecule has 56 heavy (non-hydrogen) atoms. The molecule has 0 N–H and O–H groups in total. The summed E-state index contributed by atoms with van der Waals surface area (Å²) in [5.74, 6) is 13.4. The summed E-state index contributed by atoms with van der Waals surface area (Å²) in [6.45, 7) is 5.09. The van der Waals surface area contributed by atoms with Crippen molar-refractivity contribution < 1.29 is 0 Å². The molecule has 0 spiro atoms. The van der Waals surface area contributed by atoms with Crippen LogP contribution in [0.1, 0.15) is 113 Å². The normalized spacial score (nSPS) is 11.3. The third-order valence-electron chi connectivity index (χ3n) is 11.0. The average molecular weight is 741 g/mol. The van der Waals surface area contributed by atoms with E-state index >= 15 is 0 Å². The summed E-state index contributed by atoms with van der Waals surface area (Å²) < 4.78 is 2.75. The third-order valence-corrected chi connectivity index (χ3v) is 11.0. The van der Waals surface area contributed by atoms with Gasteiger partial charge in [-0.2, -0.15) is 0 Å². The number of nitrogens with zero attached hydrogens (tertiary/aromatic N) is 2. The first-order valence-corrected chi connectivity index (χ1v) is 20.4. The largest absolute Gasteiger partial charge is 0.274 e. The molecule has 0 atom stereocenters. The Kier molecular flexibility index (Phi) is 12.1. The van der Waals surface area contributed by atoms with Crippen molar-refractivity contribution in [1.29, 1.82) is 0 Å². The molecule has 0 amide bonds. The van der Waals surface area contributed by atoms with Crippen molar-refractivity contribution >= 4 is 43.1 Å². The van der Waals surface area contributed by atoms with E-state index in [-0.39, 0.29) is 22.2 Å². The molecule has 0 bridgehead atoms. The Bertz CT molecular complexity index is 2550. The maximum atomic E-state index is 13.9. The molecule has 6 heteroatoms. The minimum absolute atomic E-state index is 0.306. The Labute approximate surface area is 327 Å². The number of aromatic nitrogens is 2. The van der Waals surface area contributed by atoms with Crippen molar-refractivity contribution in [3.8, 4) is 23.7 Å². The van der Waals surface area contributed by atoms with Crippen LogP contribution in [0.3, 0.4) is 0 Å². The zero-order chi connectivity index (χ0) is 39.0. The molecule has 2 heterocycles. The molecule has 0 unspecified atom stereocenters. The monoisotopic (exact) mass is 740 g/mol. The highest BCUT2D eigenvalue weighted by Gasteiger charge is 2.21. The number of hydrogen-bond acceptors (Lipinski definition) is 4. The van der Waals surface area contributed by atoms with E-state index in [2.05, 4.69) is 37.5 Å². The number of fused-ring (bicyclic) bond motifs is 4. The first-order valence-electron chi connectivity index (χ1n) is 20.4. The van der Waals surface area contributed by atoms with Crippen LogP contribution in [0.4, 0.5) is 0 Å². The van der Waals surface area contributed by atoms with E-state index < -0.39 is 0 Å². The smallest absolute Gasteiger partial charge is 0.261 e. The predicted octanol–water partition coefficient (Wildman–Crippen LogP) is 9.74. The van der Waals surface area contributed by atoms with Gasteiger partial charge >= 0.3 is 0 Å². The quantitative estimate of drug-likeness (QED) is 0.0632. The van der Waals surface area contributed by atoms with E-state index in [1.54, 1.807) is 24.3 Å². The van der Waals surface area contributed by atoms with Gasteiger partial charge in [-0.1, -0.05) is 138 Å². The molecule has 0 fully saturated rings. The minimum atomic E-state index is -0.306. The molecule has 7 rings (SSSR count). The lowest BCUT2D eigenvalue weighted by Crippen LogP contribution is -2.25. The van der Waals surface area contributed by atoms with Gasteiger partial charge in [-0.15, -0.1) is 0 Å². The van der Waals surface area contributed by atoms with E-state index in [4.69, 9.17) is 0 Å². The maximum Gasteiger partial charge on any atom is 0.261 e. The lowest BCUT2D eigenvalue weighted by Gasteiger charge is -2.11. The first kappa shape index (κ1) is 38.3. The number of benzene rings is 5. The van der Waals surface area contributed by atoms with E-state index in [0.717, 1.165) is 75.3 Å². The zero-order valence-electron chi connectivity index (χ0n) is 32.5. The maximum absolute atomic E-state index is 13.9. The van der Waals surface area contributed by atoms with Gasteiger partial charge in [-0.3, -0.25) is 28.3 Å². The van der Waals surface area contributed by atoms with Gasteiger partial charge in [0.2, 0.25) is 0 Å². The molecule has 0 aliphatic carbocycles. The summed E-state index contributed by atoms with van der Waals surface area (Å²) >= 11 is 0. The fourth-order valence-electron chi connectivity index (χ4n) is 7.88. The number of hydrogen-bond donors (Lipinski definition) is 0. The molecular formula is C50H48N2O4. The van der Waals surface area contributed by atoms with Crippen molar-refractivity contribution in [2.75, 3.05) is 0 Å². The number of rotatable bonds is 14. The zero-order valence-corrected chi connectivity index (χ0v) is 32.5. The molecule has 0 saturated carbocycles. The van der Waals surface area contributed by atoms with Gasteiger partial charge in [0.25, 0.3) is 22.2 Å². The van der Waals surface area contributed by atoms with Crippen molar-refractivity contribution in [2.45, 2.75) is 104 Å². The van der Waals surface area contributed by atoms with E-state index in [1.807, 2.05) is 60.7 Å². The predicted molar refractivity (Wildman–Crippen MR) is 231 cm³/mol. The third kappa shape index (κ3) is 7.89. The highest BCUT2D eigenvalue weighted by molar-refractivity contribution is 6.16. The van der Waals surface area contributed by atoms with Crippen molar-refractivity contribution in [2.24, 2.45) is 0 Å². The Balaban J connectivity index is 1.48. The molecule has 0 saturated heterocycles. The fourth-order valence-corrected chi connectivity index (χ4v) is 7.88. The summed E-state index contributed by atoms with van der Waals surface area (Å²) in [6, 6.07) is 26.4. The van der Waals surface area contributed by atoms with Crippen LogP contribution in [0.15, 0.2) is 104 Å². The summed E-state index contributed by atoms with van der Waals surface area (Å²) in [4.78, 5) is 55.8. The summed E-state index contributed by atoms with van der Waals surface area (Å²) in [7, 11) is 0. The highest BCUT2D eigenvalue weighted by atomic mass is 16.2. The standard InChI is InChI=1S/C50H48N2O4/c1-3-5-7-9-11-19-29-51-47(53)43-31-39-37(27-25-35-21-15-13-16-22-35)41-33-45-46(50(56)52(49(45)55)30-20-12-10-8-6-4-2)34-42(41)38(40(39)32-44(43)48(51)54)28-26-36-23-17-14-18-24-36/h13-18,21-24,31-34H,3-12,19-20,29-30H2,1-2H3. The van der Waals surface area contributed by atoms with Gasteiger partial charge in [0, 0.05) is 56.9 Å². The van der Waals surface area contributed by atoms with E-state index in [9.17, 15) is 19.2 Å². The molecule has 0 aliphatic rings. The molecule has 0 aliphatic heterocycles. The SMILES string of the molecule is CCCCCCCCn1c(=O)c2cc3c(C#Cc4ccccc4)c4cc5c(=O)n(CCCCCCCC)c(=O)c5cc4c(C#Cc4ccccc4)c3cc2c1=O. The second kappa shape index (κ2) is 17.7. The molecule has 5 aromatic carbocycles. The van der Waals surface area contributed by atoms with Gasteiger partial charge in [-0.25, -0.2) is 0 Å². The fraction of sp³-hybridized carbons (Fsp3) is 0.320. The van der Waals surface area contributed by atoms with E-state index in [0.29, 0.717) is 67.3 Å². The lowest BCUT2D eigenvalue weighted by molar-refractivity contribution is 0.547. The summed E-state index contributed by atoms with van der Waals surface area (Å²) in [6.07, 6.45) is 12.5. The van der Waals surface area contributed by atoms with Crippen LogP contribution >= 0.6 is 0 Å². The van der Waals surface area contributed by atoms with Crippen LogP contribution in [-0.4, -0.2) is 9.13 Å². The van der Waals surface area contributed by atoms with Crippen LogP contribution in [0, 0.1) is 23.7 Å². The van der Waals surface area contributed by atoms with Crippen molar-refractivity contribution in [3.05, 3.63) is 149 Å². The second-order valence-electron chi connectivity index (χ2n) is 14.9. The Morgan fingerprint density at radius 2 is 0.679 bits per heavy atom. The molecular weight excluding hydrogens is 693 g/mol. The minimum Gasteiger partial charge on any atom is -0.274 e. The first-order chi connectivity index (χ1) is 27.4. The van der Waals surface area contributed by atoms with Crippen molar-refractivity contribution in [3.63, 3.8) is 0 Å². The van der Waals surface area contributed by atoms with Gasteiger partial charge < -0.3 is 0 Å². The average Bonchev–Trinajstić information content (AvgIpc) is 3.59. The Morgan fingerprint density at radius 3 is 1.00 bits per heavy atom. The summed E-state index contributed by atoms with van der Waals surface area (Å²) in [5, 5.41) is 4.04. The Hall–Kier alpha value is -5.98. The Morgan fingerprint density at radius 1 is 0.375 bits per heavy atom. The lowest BCUT2D eigenvalue weighted by atomic mass is 9.89. The van der Waals surface area contributed by atoms with Crippen LogP contribution in [0.25, 0.3) is 43.1 Å². The van der Waals surface area contributed by atoms with Crippen LogP contribution in [-0.2, 0) is 13.1 Å². The van der Waals surface area contributed by atoms with Gasteiger partial charge in [0.15, 0.2) is 0 Å². The summed E-state index contributed by atoms with van der Waals surface area (Å²) in [5.41, 5.74) is 1.60. The van der Waals surface area contributed by atoms with Crippen molar-refractivity contribution in [1.82, 2.24) is 9.13 Å². The van der Waals surface area contributed by atoms with Gasteiger partial charge in [0.05, 0.1) is 21.5 Å². The number of unbranched alkanes of at least 4 members (excludes halogenated alkanes) is 10.